The van der Waals surface area contributed by atoms with Crippen LogP contribution < -0.4 is 4.85 Å². The van der Waals surface area contributed by atoms with Crippen molar-refractivity contribution >= 4 is 21.8 Å². The second kappa shape index (κ2) is 4.59. The fraction of sp³-hybridized carbons (Fsp3) is 0.0588. The summed E-state index contributed by atoms with van der Waals surface area (Å²) in [6, 6.07) is 17.8. The maximum atomic E-state index is 12.2. The highest BCUT2D eigenvalue weighted by atomic mass is 16.5. The molecule has 0 aliphatic rings. The molecule has 0 atom stereocenters. The molecule has 2 heterocycles. The summed E-state index contributed by atoms with van der Waals surface area (Å²) in [5.74, 6) is 0. The Kier molecular flexibility index (Phi) is 2.60. The van der Waals surface area contributed by atoms with Gasteiger partial charge in [0, 0.05) is 5.39 Å². The maximum Gasteiger partial charge on any atom is 0.217 e. The van der Waals surface area contributed by atoms with Crippen molar-refractivity contribution < 1.29 is 4.85 Å². The molecule has 0 saturated heterocycles. The van der Waals surface area contributed by atoms with E-state index in [9.17, 15) is 5.21 Å². The molecule has 0 radical (unpaired) electrons. The predicted octanol–water partition coefficient (Wildman–Crippen LogP) is 2.87. The van der Waals surface area contributed by atoms with Gasteiger partial charge in [-0.1, -0.05) is 53.4 Å². The summed E-state index contributed by atoms with van der Waals surface area (Å²) in [6.45, 7) is 0.536. The number of hydrogen-bond donors (Lipinski definition) is 0. The fourth-order valence-electron chi connectivity index (χ4n) is 2.69. The number of nitrogens with zero attached hydrogens (tertiary/aromatic N) is 3. The second-order valence-corrected chi connectivity index (χ2v) is 5.05. The molecule has 4 heteroatoms. The van der Waals surface area contributed by atoms with E-state index in [4.69, 9.17) is 0 Å². The third-order valence-electron chi connectivity index (χ3n) is 3.73. The zero-order chi connectivity index (χ0) is 14.2. The average Bonchev–Trinajstić information content (AvgIpc) is 2.85. The SMILES string of the molecule is [O-][n+]1cc2c3ccccc3ncc2n1Cc1ccccc1. The highest BCUT2D eigenvalue weighted by Crippen LogP contribution is 2.22. The largest absolute Gasteiger partial charge is 0.596 e. The Morgan fingerprint density at radius 2 is 1.71 bits per heavy atom. The summed E-state index contributed by atoms with van der Waals surface area (Å²) in [6.07, 6.45) is 3.40. The van der Waals surface area contributed by atoms with Crippen LogP contribution in [-0.4, -0.2) is 9.67 Å². The van der Waals surface area contributed by atoms with Gasteiger partial charge in [-0.15, -0.1) is 4.68 Å². The Balaban J connectivity index is 1.93. The molecule has 0 unspecified atom stereocenters. The van der Waals surface area contributed by atoms with Gasteiger partial charge in [0.1, 0.15) is 12.1 Å². The molecule has 0 bridgehead atoms. The van der Waals surface area contributed by atoms with Gasteiger partial charge >= 0.3 is 0 Å². The number of pyridine rings is 1. The van der Waals surface area contributed by atoms with Crippen molar-refractivity contribution in [3.8, 4) is 0 Å². The van der Waals surface area contributed by atoms with E-state index in [2.05, 4.69) is 4.98 Å². The molecule has 4 nitrogen and oxygen atoms in total. The van der Waals surface area contributed by atoms with E-state index in [0.717, 1.165) is 32.2 Å². The van der Waals surface area contributed by atoms with E-state index in [1.165, 1.54) is 0 Å². The van der Waals surface area contributed by atoms with Crippen LogP contribution in [0.5, 0.6) is 0 Å². The minimum absolute atomic E-state index is 0.536. The number of benzene rings is 2. The minimum Gasteiger partial charge on any atom is -0.596 e. The van der Waals surface area contributed by atoms with Crippen LogP contribution in [-0.2, 0) is 6.54 Å². The molecule has 102 valence electrons. The van der Waals surface area contributed by atoms with Gasteiger partial charge in [-0.2, -0.15) is 0 Å². The first-order valence-electron chi connectivity index (χ1n) is 6.83. The first-order valence-corrected chi connectivity index (χ1v) is 6.83. The van der Waals surface area contributed by atoms with Crippen molar-refractivity contribution in [2.24, 2.45) is 0 Å². The van der Waals surface area contributed by atoms with E-state index >= 15 is 0 Å². The molecule has 2 aromatic carbocycles. The van der Waals surface area contributed by atoms with Gasteiger partial charge in [0.15, 0.2) is 0 Å². The molecule has 0 aliphatic carbocycles. The topological polar surface area (TPSA) is 44.8 Å². The minimum atomic E-state index is 0.536. The van der Waals surface area contributed by atoms with Gasteiger partial charge in [0.2, 0.25) is 6.20 Å². The van der Waals surface area contributed by atoms with Crippen LogP contribution in [0.4, 0.5) is 0 Å². The molecule has 0 saturated carbocycles. The smallest absolute Gasteiger partial charge is 0.217 e. The molecular weight excluding hydrogens is 262 g/mol. The van der Waals surface area contributed by atoms with Crippen LogP contribution in [0, 0.1) is 5.21 Å². The first-order chi connectivity index (χ1) is 10.3. The van der Waals surface area contributed by atoms with Crippen molar-refractivity contribution in [3.63, 3.8) is 0 Å². The van der Waals surface area contributed by atoms with E-state index in [-0.39, 0.29) is 0 Å². The lowest BCUT2D eigenvalue weighted by molar-refractivity contribution is -0.690. The van der Waals surface area contributed by atoms with Crippen molar-refractivity contribution in [1.29, 1.82) is 0 Å². The van der Waals surface area contributed by atoms with Crippen LogP contribution in [0.25, 0.3) is 21.8 Å². The zero-order valence-corrected chi connectivity index (χ0v) is 11.3. The lowest BCUT2D eigenvalue weighted by atomic mass is 10.1. The van der Waals surface area contributed by atoms with E-state index in [1.54, 1.807) is 17.1 Å². The van der Waals surface area contributed by atoms with Gasteiger partial charge < -0.3 is 5.21 Å². The molecule has 0 fully saturated rings. The van der Waals surface area contributed by atoms with Crippen molar-refractivity contribution in [2.45, 2.75) is 6.54 Å². The van der Waals surface area contributed by atoms with E-state index in [0.29, 0.717) is 6.54 Å². The molecule has 0 aliphatic heterocycles. The van der Waals surface area contributed by atoms with E-state index < -0.39 is 0 Å². The third kappa shape index (κ3) is 1.92. The van der Waals surface area contributed by atoms with Crippen LogP contribution in [0.15, 0.2) is 67.0 Å². The molecule has 4 aromatic rings. The third-order valence-corrected chi connectivity index (χ3v) is 3.73. The van der Waals surface area contributed by atoms with Crippen molar-refractivity contribution in [1.82, 2.24) is 9.67 Å². The zero-order valence-electron chi connectivity index (χ0n) is 11.3. The van der Waals surface area contributed by atoms with E-state index in [1.807, 2.05) is 54.6 Å². The summed E-state index contributed by atoms with van der Waals surface area (Å²) in [7, 11) is 0. The quantitative estimate of drug-likeness (QED) is 0.417. The summed E-state index contributed by atoms with van der Waals surface area (Å²) in [4.78, 5) is 5.35. The summed E-state index contributed by atoms with van der Waals surface area (Å²) in [5, 5.41) is 14.2. The number of rotatable bonds is 2. The lowest BCUT2D eigenvalue weighted by Crippen LogP contribution is -2.36. The number of hydrogen-bond acceptors (Lipinski definition) is 2. The van der Waals surface area contributed by atoms with Gasteiger partial charge in [-0.05, 0) is 11.6 Å². The second-order valence-electron chi connectivity index (χ2n) is 5.05. The summed E-state index contributed by atoms with van der Waals surface area (Å²) < 4.78 is 1.70. The molecule has 2 aromatic heterocycles. The Labute approximate surface area is 121 Å². The first kappa shape index (κ1) is 11.9. The molecular formula is C17H13N3O. The standard InChI is InChI=1S/C17H13N3O/c21-20-12-15-14-8-4-5-9-16(14)18-10-17(15)19(20)11-13-6-2-1-3-7-13/h1-10,12H,11H2. The van der Waals surface area contributed by atoms with Crippen molar-refractivity contribution in [2.75, 3.05) is 0 Å². The lowest BCUT2D eigenvalue weighted by Gasteiger charge is -2.04. The molecule has 0 amide bonds. The van der Waals surface area contributed by atoms with Crippen LogP contribution >= 0.6 is 0 Å². The van der Waals surface area contributed by atoms with Gasteiger partial charge in [-0.25, -0.2) is 0 Å². The molecule has 21 heavy (non-hydrogen) atoms. The summed E-state index contributed by atoms with van der Waals surface area (Å²) >= 11 is 0. The molecule has 0 spiro atoms. The maximum absolute atomic E-state index is 12.2. The number of fused-ring (bicyclic) bond motifs is 3. The highest BCUT2D eigenvalue weighted by molar-refractivity contribution is 6.03. The normalized spacial score (nSPS) is 11.2. The molecule has 4 rings (SSSR count). The van der Waals surface area contributed by atoms with Gasteiger partial charge in [0.25, 0.3) is 0 Å². The van der Waals surface area contributed by atoms with Crippen LogP contribution in [0.1, 0.15) is 5.56 Å². The van der Waals surface area contributed by atoms with Crippen LogP contribution in [0.3, 0.4) is 0 Å². The van der Waals surface area contributed by atoms with Crippen LogP contribution in [0.2, 0.25) is 0 Å². The van der Waals surface area contributed by atoms with Crippen molar-refractivity contribution in [3.05, 3.63) is 77.8 Å². The average molecular weight is 275 g/mol. The Bertz CT molecular complexity index is 929. The Morgan fingerprint density at radius 1 is 0.952 bits per heavy atom. The monoisotopic (exact) mass is 275 g/mol. The number of aromatic nitrogens is 3. The molecule has 0 N–H and O–H groups in total. The van der Waals surface area contributed by atoms with Gasteiger partial charge in [0.05, 0.1) is 17.1 Å². The summed E-state index contributed by atoms with van der Waals surface area (Å²) in [5.41, 5.74) is 2.85. The fourth-order valence-corrected chi connectivity index (χ4v) is 2.69. The Hall–Kier alpha value is -2.88. The van der Waals surface area contributed by atoms with Gasteiger partial charge in [-0.3, -0.25) is 4.98 Å². The highest BCUT2D eigenvalue weighted by Gasteiger charge is 2.14. The predicted molar refractivity (Wildman–Crippen MR) is 81.7 cm³/mol. The number of para-hydroxylation sites is 1. The Morgan fingerprint density at radius 3 is 2.57 bits per heavy atom.